The van der Waals surface area contributed by atoms with Gasteiger partial charge in [-0.1, -0.05) is 0 Å². The zero-order valence-corrected chi connectivity index (χ0v) is 14.7. The van der Waals surface area contributed by atoms with E-state index in [1.165, 1.54) is 0 Å². The number of aromatic nitrogens is 1. The molecule has 0 atom stereocenters. The number of hydrogen-bond donors (Lipinski definition) is 3. The van der Waals surface area contributed by atoms with Gasteiger partial charge in [-0.2, -0.15) is 0 Å². The molecule has 0 saturated carbocycles. The lowest BCUT2D eigenvalue weighted by Crippen LogP contribution is -2.05. The summed E-state index contributed by atoms with van der Waals surface area (Å²) in [6, 6.07) is 4.29. The number of ketones is 1. The van der Waals surface area contributed by atoms with Crippen LogP contribution in [0.1, 0.15) is 26.5 Å². The van der Waals surface area contributed by atoms with Crippen molar-refractivity contribution in [2.45, 2.75) is 13.3 Å². The highest BCUT2D eigenvalue weighted by Gasteiger charge is 2.26. The number of thiophene rings is 1. The molecule has 3 aromatic rings. The second kappa shape index (κ2) is 6.03. The molecule has 0 amide bonds. The zero-order valence-electron chi connectivity index (χ0n) is 12.3. The van der Waals surface area contributed by atoms with E-state index in [2.05, 4.69) is 20.9 Å². The highest BCUT2D eigenvalue weighted by atomic mass is 79.9. The number of halogens is 2. The van der Waals surface area contributed by atoms with Crippen LogP contribution >= 0.6 is 27.3 Å². The second-order valence-corrected chi connectivity index (χ2v) is 7.70. The number of carbonyl (C=O) groups is 2. The maximum Gasteiger partial charge on any atom is 0.307 e. The van der Waals surface area contributed by atoms with E-state index in [1.54, 1.807) is 19.1 Å². The van der Waals surface area contributed by atoms with Gasteiger partial charge in [-0.25, -0.2) is 4.39 Å². The first-order valence-electron chi connectivity index (χ1n) is 6.84. The number of aromatic amines is 1. The van der Waals surface area contributed by atoms with Gasteiger partial charge in [0.05, 0.1) is 20.6 Å². The third-order valence-corrected chi connectivity index (χ3v) is 5.30. The molecule has 124 valence electrons. The summed E-state index contributed by atoms with van der Waals surface area (Å²) in [5.74, 6) is -3.36. The van der Waals surface area contributed by atoms with E-state index in [4.69, 9.17) is 5.11 Å². The standard InChI is InChI=1S/C16H11BrFNO4S/c1-6-7(4-12(20)21)13-9(19-6)5-8(18)15(22)14(13)16(23)10-2-3-11(17)24-10/h2-3,5,19,22H,4H2,1H3,(H,20,21). The van der Waals surface area contributed by atoms with Crippen molar-refractivity contribution in [3.63, 3.8) is 0 Å². The number of H-pyrrole nitrogens is 1. The fraction of sp³-hybridized carbons (Fsp3) is 0.125. The fourth-order valence-electron chi connectivity index (χ4n) is 2.67. The van der Waals surface area contributed by atoms with Crippen molar-refractivity contribution in [3.05, 3.63) is 49.5 Å². The molecular weight excluding hydrogens is 401 g/mol. The average Bonchev–Trinajstić information content (AvgIpc) is 3.05. The number of aryl methyl sites for hydroxylation is 1. The summed E-state index contributed by atoms with van der Waals surface area (Å²) < 4.78 is 14.8. The van der Waals surface area contributed by atoms with Gasteiger partial charge >= 0.3 is 5.97 Å². The smallest absolute Gasteiger partial charge is 0.307 e. The third-order valence-electron chi connectivity index (χ3n) is 3.68. The molecule has 3 N–H and O–H groups in total. The largest absolute Gasteiger partial charge is 0.504 e. The summed E-state index contributed by atoms with van der Waals surface area (Å²) in [5, 5.41) is 19.5. The van der Waals surface area contributed by atoms with Crippen LogP contribution in [0.3, 0.4) is 0 Å². The predicted molar refractivity (Wildman–Crippen MR) is 91.4 cm³/mol. The lowest BCUT2D eigenvalue weighted by atomic mass is 9.98. The van der Waals surface area contributed by atoms with Gasteiger partial charge in [0.15, 0.2) is 11.6 Å². The van der Waals surface area contributed by atoms with Crippen LogP contribution in [0, 0.1) is 12.7 Å². The van der Waals surface area contributed by atoms with E-state index >= 15 is 0 Å². The maximum absolute atomic E-state index is 14.0. The van der Waals surface area contributed by atoms with Gasteiger partial charge in [0.25, 0.3) is 0 Å². The second-order valence-electron chi connectivity index (χ2n) is 5.24. The minimum atomic E-state index is -1.08. The molecule has 0 bridgehead atoms. The Balaban J connectivity index is 2.34. The molecule has 24 heavy (non-hydrogen) atoms. The first-order valence-corrected chi connectivity index (χ1v) is 8.45. The van der Waals surface area contributed by atoms with Crippen LogP contribution in [0.5, 0.6) is 5.75 Å². The number of nitrogens with one attached hydrogen (secondary N) is 1. The minimum Gasteiger partial charge on any atom is -0.504 e. The molecule has 0 aliphatic carbocycles. The first-order chi connectivity index (χ1) is 11.3. The van der Waals surface area contributed by atoms with Crippen molar-refractivity contribution in [3.8, 4) is 5.75 Å². The van der Waals surface area contributed by atoms with Crippen LogP contribution in [-0.2, 0) is 11.2 Å². The van der Waals surface area contributed by atoms with Gasteiger partial charge in [0.2, 0.25) is 5.78 Å². The molecule has 0 unspecified atom stereocenters. The van der Waals surface area contributed by atoms with Gasteiger partial charge in [-0.15, -0.1) is 11.3 Å². The number of fused-ring (bicyclic) bond motifs is 1. The van der Waals surface area contributed by atoms with Gasteiger partial charge < -0.3 is 15.2 Å². The number of carboxylic acids is 1. The van der Waals surface area contributed by atoms with Gasteiger partial charge in [-0.3, -0.25) is 9.59 Å². The van der Waals surface area contributed by atoms with Crippen molar-refractivity contribution in [2.24, 2.45) is 0 Å². The molecule has 2 aromatic heterocycles. The molecule has 1 aromatic carbocycles. The van der Waals surface area contributed by atoms with Gasteiger partial charge in [-0.05, 0) is 40.5 Å². The van der Waals surface area contributed by atoms with E-state index in [1.807, 2.05) is 0 Å². The Kier molecular flexibility index (Phi) is 4.18. The number of aromatic hydroxyl groups is 1. The molecule has 0 saturated heterocycles. The summed E-state index contributed by atoms with van der Waals surface area (Å²) in [7, 11) is 0. The van der Waals surface area contributed by atoms with E-state index in [0.29, 0.717) is 19.9 Å². The Bertz CT molecular complexity index is 992. The predicted octanol–water partition coefficient (Wildman–Crippen LogP) is 4.00. The number of hydrogen-bond acceptors (Lipinski definition) is 4. The van der Waals surface area contributed by atoms with Crippen molar-refractivity contribution >= 4 is 49.9 Å². The lowest BCUT2D eigenvalue weighted by molar-refractivity contribution is -0.136. The van der Waals surface area contributed by atoms with E-state index < -0.39 is 23.3 Å². The molecule has 0 aliphatic heterocycles. The lowest BCUT2D eigenvalue weighted by Gasteiger charge is -2.08. The van der Waals surface area contributed by atoms with Crippen LogP contribution in [-0.4, -0.2) is 26.9 Å². The molecule has 5 nitrogen and oxygen atoms in total. The Hall–Kier alpha value is -2.19. The van der Waals surface area contributed by atoms with Gasteiger partial charge in [0.1, 0.15) is 0 Å². The summed E-state index contributed by atoms with van der Waals surface area (Å²) in [4.78, 5) is 27.1. The van der Waals surface area contributed by atoms with Crippen LogP contribution < -0.4 is 0 Å². The first kappa shape index (κ1) is 16.7. The minimum absolute atomic E-state index is 0.222. The topological polar surface area (TPSA) is 90.4 Å². The quantitative estimate of drug-likeness (QED) is 0.565. The Morgan fingerprint density at radius 2 is 2.08 bits per heavy atom. The monoisotopic (exact) mass is 411 g/mol. The van der Waals surface area contributed by atoms with Crippen molar-refractivity contribution in [1.29, 1.82) is 0 Å². The number of rotatable bonds is 4. The van der Waals surface area contributed by atoms with Gasteiger partial charge in [0, 0.05) is 22.7 Å². The maximum atomic E-state index is 14.0. The Labute approximate surface area is 147 Å². The zero-order chi connectivity index (χ0) is 17.6. The normalized spacial score (nSPS) is 11.1. The van der Waals surface area contributed by atoms with E-state index in [0.717, 1.165) is 17.4 Å². The molecule has 2 heterocycles. The molecule has 0 radical (unpaired) electrons. The number of carboxylic acid groups (broad SMARTS) is 1. The van der Waals surface area contributed by atoms with Crippen LogP contribution in [0.15, 0.2) is 22.0 Å². The molecule has 0 aliphatic rings. The van der Waals surface area contributed by atoms with E-state index in [-0.39, 0.29) is 22.9 Å². The van der Waals surface area contributed by atoms with Crippen molar-refractivity contribution in [2.75, 3.05) is 0 Å². The summed E-state index contributed by atoms with van der Waals surface area (Å²) in [6.45, 7) is 1.64. The third kappa shape index (κ3) is 2.71. The number of benzene rings is 1. The molecule has 0 spiro atoms. The molecular formula is C16H11BrFNO4S. The average molecular weight is 412 g/mol. The van der Waals surface area contributed by atoms with Crippen LogP contribution in [0.25, 0.3) is 10.9 Å². The fourth-order valence-corrected chi connectivity index (χ4v) is 4.00. The highest BCUT2D eigenvalue weighted by molar-refractivity contribution is 9.11. The number of aliphatic carboxylic acids is 1. The Morgan fingerprint density at radius 3 is 2.67 bits per heavy atom. The SMILES string of the molecule is Cc1[nH]c2cc(F)c(O)c(C(=O)c3ccc(Br)s3)c2c1CC(=O)O. The molecule has 8 heteroatoms. The number of carbonyl (C=O) groups excluding carboxylic acids is 1. The van der Waals surface area contributed by atoms with Crippen LogP contribution in [0.4, 0.5) is 4.39 Å². The Morgan fingerprint density at radius 1 is 1.38 bits per heavy atom. The van der Waals surface area contributed by atoms with E-state index in [9.17, 15) is 19.1 Å². The van der Waals surface area contributed by atoms with Crippen LogP contribution in [0.2, 0.25) is 0 Å². The number of phenolic OH excluding ortho intramolecular Hbond substituents is 1. The summed E-state index contributed by atoms with van der Waals surface area (Å²) in [6.07, 6.45) is -0.342. The molecule has 0 fully saturated rings. The summed E-state index contributed by atoms with van der Waals surface area (Å²) >= 11 is 4.40. The van der Waals surface area contributed by atoms with Crippen molar-refractivity contribution in [1.82, 2.24) is 4.98 Å². The number of phenols is 1. The van der Waals surface area contributed by atoms with Crippen molar-refractivity contribution < 1.29 is 24.2 Å². The highest BCUT2D eigenvalue weighted by Crippen LogP contribution is 2.37. The summed E-state index contributed by atoms with van der Waals surface area (Å²) in [5.41, 5.74) is 0.920. The molecule has 3 rings (SSSR count).